The molecular formula is C10H18N2OS. The number of thiazole rings is 1. The summed E-state index contributed by atoms with van der Waals surface area (Å²) in [6.45, 7) is 2.41. The van der Waals surface area contributed by atoms with Crippen molar-refractivity contribution in [2.75, 3.05) is 13.7 Å². The normalized spacial score (nSPS) is 13.1. The Balaban J connectivity index is 2.42. The smallest absolute Gasteiger partial charge is 0.0928 e. The number of aliphatic hydroxyl groups is 1. The standard InChI is InChI=1S/C10H18N2OS/c1-8(11-2)6-9-7-12-10(14-9)4-3-5-13/h7-8,11,13H,3-6H2,1-2H3. The minimum Gasteiger partial charge on any atom is -0.396 e. The highest BCUT2D eigenvalue weighted by Crippen LogP contribution is 2.16. The molecule has 0 bridgehead atoms. The van der Waals surface area contributed by atoms with Gasteiger partial charge in [-0.05, 0) is 26.8 Å². The fourth-order valence-corrected chi connectivity index (χ4v) is 2.29. The van der Waals surface area contributed by atoms with Crippen LogP contribution in [-0.4, -0.2) is 29.8 Å². The van der Waals surface area contributed by atoms with Crippen molar-refractivity contribution in [3.8, 4) is 0 Å². The van der Waals surface area contributed by atoms with E-state index in [1.54, 1.807) is 11.3 Å². The topological polar surface area (TPSA) is 45.2 Å². The molecule has 4 heteroatoms. The van der Waals surface area contributed by atoms with E-state index in [4.69, 9.17) is 5.11 Å². The summed E-state index contributed by atoms with van der Waals surface area (Å²) < 4.78 is 0. The average molecular weight is 214 g/mol. The second-order valence-corrected chi connectivity index (χ2v) is 4.64. The van der Waals surface area contributed by atoms with Crippen LogP contribution >= 0.6 is 11.3 Å². The SMILES string of the molecule is CNC(C)Cc1cnc(CCCO)s1. The van der Waals surface area contributed by atoms with Crippen LogP contribution in [0.3, 0.4) is 0 Å². The number of nitrogens with zero attached hydrogens (tertiary/aromatic N) is 1. The van der Waals surface area contributed by atoms with Gasteiger partial charge in [-0.15, -0.1) is 11.3 Å². The predicted molar refractivity (Wildman–Crippen MR) is 59.7 cm³/mol. The van der Waals surface area contributed by atoms with Gasteiger partial charge in [0.05, 0.1) is 5.01 Å². The first-order valence-corrected chi connectivity index (χ1v) is 5.79. The molecule has 1 atom stereocenters. The fraction of sp³-hybridized carbons (Fsp3) is 0.700. The van der Waals surface area contributed by atoms with Gasteiger partial charge in [0.25, 0.3) is 0 Å². The van der Waals surface area contributed by atoms with Crippen molar-refractivity contribution < 1.29 is 5.11 Å². The van der Waals surface area contributed by atoms with E-state index in [9.17, 15) is 0 Å². The minimum atomic E-state index is 0.252. The van der Waals surface area contributed by atoms with Crippen LogP contribution in [0.5, 0.6) is 0 Å². The second-order valence-electron chi connectivity index (χ2n) is 3.44. The van der Waals surface area contributed by atoms with Gasteiger partial charge in [-0.25, -0.2) is 4.98 Å². The monoisotopic (exact) mass is 214 g/mol. The van der Waals surface area contributed by atoms with E-state index in [0.717, 1.165) is 24.3 Å². The summed E-state index contributed by atoms with van der Waals surface area (Å²) in [4.78, 5) is 5.64. The number of likely N-dealkylation sites (N-methyl/N-ethyl adjacent to an activating group) is 1. The van der Waals surface area contributed by atoms with Gasteiger partial charge < -0.3 is 10.4 Å². The van der Waals surface area contributed by atoms with Gasteiger partial charge in [0, 0.05) is 30.1 Å². The molecule has 1 heterocycles. The lowest BCUT2D eigenvalue weighted by Gasteiger charge is -2.06. The Morgan fingerprint density at radius 2 is 2.43 bits per heavy atom. The highest BCUT2D eigenvalue weighted by molar-refractivity contribution is 7.11. The third-order valence-electron chi connectivity index (χ3n) is 2.15. The summed E-state index contributed by atoms with van der Waals surface area (Å²) in [5, 5.41) is 13.0. The second kappa shape index (κ2) is 6.11. The predicted octanol–water partition coefficient (Wildman–Crippen LogP) is 1.22. The van der Waals surface area contributed by atoms with E-state index in [1.165, 1.54) is 4.88 Å². The van der Waals surface area contributed by atoms with Crippen LogP contribution in [-0.2, 0) is 12.8 Å². The zero-order valence-electron chi connectivity index (χ0n) is 8.79. The highest BCUT2D eigenvalue weighted by Gasteiger charge is 2.05. The van der Waals surface area contributed by atoms with Crippen LogP contribution in [0.15, 0.2) is 6.20 Å². The Kier molecular flexibility index (Phi) is 5.07. The van der Waals surface area contributed by atoms with Crippen molar-refractivity contribution in [2.24, 2.45) is 0 Å². The first kappa shape index (κ1) is 11.6. The summed E-state index contributed by atoms with van der Waals surface area (Å²) in [6.07, 6.45) is 4.70. The maximum absolute atomic E-state index is 8.68. The molecule has 0 aromatic carbocycles. The molecule has 0 saturated heterocycles. The lowest BCUT2D eigenvalue weighted by atomic mass is 10.2. The van der Waals surface area contributed by atoms with Gasteiger partial charge in [0.15, 0.2) is 0 Å². The van der Waals surface area contributed by atoms with Crippen molar-refractivity contribution in [1.82, 2.24) is 10.3 Å². The third kappa shape index (κ3) is 3.74. The van der Waals surface area contributed by atoms with Crippen LogP contribution < -0.4 is 5.32 Å². The molecule has 2 N–H and O–H groups in total. The Morgan fingerprint density at radius 1 is 1.64 bits per heavy atom. The molecule has 0 aliphatic carbocycles. The lowest BCUT2D eigenvalue weighted by molar-refractivity contribution is 0.288. The van der Waals surface area contributed by atoms with E-state index in [0.29, 0.717) is 6.04 Å². The van der Waals surface area contributed by atoms with E-state index in [2.05, 4.69) is 17.2 Å². The molecule has 80 valence electrons. The van der Waals surface area contributed by atoms with Crippen LogP contribution in [0, 0.1) is 0 Å². The van der Waals surface area contributed by atoms with E-state index >= 15 is 0 Å². The van der Waals surface area contributed by atoms with Crippen LogP contribution in [0.4, 0.5) is 0 Å². The molecule has 1 aromatic heterocycles. The maximum Gasteiger partial charge on any atom is 0.0928 e. The van der Waals surface area contributed by atoms with Gasteiger partial charge in [0.2, 0.25) is 0 Å². The van der Waals surface area contributed by atoms with E-state index < -0.39 is 0 Å². The van der Waals surface area contributed by atoms with Crippen molar-refractivity contribution in [3.63, 3.8) is 0 Å². The molecule has 0 fully saturated rings. The average Bonchev–Trinajstić information content (AvgIpc) is 2.62. The molecule has 0 amide bonds. The molecule has 0 spiro atoms. The van der Waals surface area contributed by atoms with Gasteiger partial charge >= 0.3 is 0 Å². The maximum atomic E-state index is 8.68. The van der Waals surface area contributed by atoms with Crippen LogP contribution in [0.25, 0.3) is 0 Å². The molecule has 3 nitrogen and oxygen atoms in total. The summed E-state index contributed by atoms with van der Waals surface area (Å²) in [6, 6.07) is 0.501. The Morgan fingerprint density at radius 3 is 3.07 bits per heavy atom. The number of nitrogens with one attached hydrogen (secondary N) is 1. The summed E-state index contributed by atoms with van der Waals surface area (Å²) >= 11 is 1.75. The highest BCUT2D eigenvalue weighted by atomic mass is 32.1. The summed E-state index contributed by atoms with van der Waals surface area (Å²) in [5.41, 5.74) is 0. The molecule has 14 heavy (non-hydrogen) atoms. The fourth-order valence-electron chi connectivity index (χ4n) is 1.19. The molecule has 1 aromatic rings. The minimum absolute atomic E-state index is 0.252. The van der Waals surface area contributed by atoms with Crippen molar-refractivity contribution >= 4 is 11.3 Å². The van der Waals surface area contributed by atoms with E-state index in [-0.39, 0.29) is 6.61 Å². The zero-order valence-corrected chi connectivity index (χ0v) is 9.60. The molecule has 0 aliphatic rings. The zero-order chi connectivity index (χ0) is 10.4. The number of rotatable bonds is 6. The van der Waals surface area contributed by atoms with Crippen molar-refractivity contribution in [3.05, 3.63) is 16.1 Å². The number of aliphatic hydroxyl groups excluding tert-OH is 1. The molecular weight excluding hydrogens is 196 g/mol. The van der Waals surface area contributed by atoms with Gasteiger partial charge in [-0.3, -0.25) is 0 Å². The summed E-state index contributed by atoms with van der Waals surface area (Å²) in [5.74, 6) is 0. The van der Waals surface area contributed by atoms with Gasteiger partial charge in [-0.1, -0.05) is 0 Å². The lowest BCUT2D eigenvalue weighted by Crippen LogP contribution is -2.22. The molecule has 1 unspecified atom stereocenters. The number of hydrogen-bond acceptors (Lipinski definition) is 4. The number of hydrogen-bond donors (Lipinski definition) is 2. The molecule has 0 saturated carbocycles. The molecule has 0 aliphatic heterocycles. The third-order valence-corrected chi connectivity index (χ3v) is 3.23. The number of aryl methyl sites for hydroxylation is 1. The summed E-state index contributed by atoms with van der Waals surface area (Å²) in [7, 11) is 1.97. The molecule has 1 rings (SSSR count). The Labute approximate surface area is 89.2 Å². The first-order chi connectivity index (χ1) is 6.76. The molecule has 0 radical (unpaired) electrons. The quantitative estimate of drug-likeness (QED) is 0.748. The Hall–Kier alpha value is -0.450. The van der Waals surface area contributed by atoms with Gasteiger partial charge in [0.1, 0.15) is 0 Å². The first-order valence-electron chi connectivity index (χ1n) is 4.98. The van der Waals surface area contributed by atoms with Crippen molar-refractivity contribution in [1.29, 1.82) is 0 Å². The van der Waals surface area contributed by atoms with Crippen molar-refractivity contribution in [2.45, 2.75) is 32.2 Å². The van der Waals surface area contributed by atoms with Crippen LogP contribution in [0.2, 0.25) is 0 Å². The Bertz CT molecular complexity index is 262. The van der Waals surface area contributed by atoms with Gasteiger partial charge in [-0.2, -0.15) is 0 Å². The number of aromatic nitrogens is 1. The van der Waals surface area contributed by atoms with Crippen LogP contribution in [0.1, 0.15) is 23.2 Å². The largest absolute Gasteiger partial charge is 0.396 e. The van der Waals surface area contributed by atoms with E-state index in [1.807, 2.05) is 13.2 Å².